The summed E-state index contributed by atoms with van der Waals surface area (Å²) in [6, 6.07) is 5.38. The van der Waals surface area contributed by atoms with Crippen molar-refractivity contribution in [2.24, 2.45) is 0 Å². The van der Waals surface area contributed by atoms with E-state index in [0.717, 1.165) is 22.2 Å². The Balaban J connectivity index is 2.14. The number of benzene rings is 1. The lowest BCUT2D eigenvalue weighted by Gasteiger charge is -2.12. The summed E-state index contributed by atoms with van der Waals surface area (Å²) in [5, 5.41) is 4.71. The minimum Gasteiger partial charge on any atom is -0.398 e. The Labute approximate surface area is 115 Å². The lowest BCUT2D eigenvalue weighted by Crippen LogP contribution is -2.11. The van der Waals surface area contributed by atoms with Gasteiger partial charge in [0, 0.05) is 47.0 Å². The molecule has 3 nitrogen and oxygen atoms in total. The highest BCUT2D eigenvalue weighted by Crippen LogP contribution is 2.28. The summed E-state index contributed by atoms with van der Waals surface area (Å²) in [7, 11) is 0. The Kier molecular flexibility index (Phi) is 4.01. The van der Waals surface area contributed by atoms with Crippen LogP contribution in [0.2, 0.25) is 0 Å². The molecule has 0 aliphatic rings. The summed E-state index contributed by atoms with van der Waals surface area (Å²) in [6.45, 7) is 2.12. The molecule has 6 heteroatoms. The third-order valence-corrected chi connectivity index (χ3v) is 3.02. The number of pyridine rings is 1. The van der Waals surface area contributed by atoms with Crippen LogP contribution in [0, 0.1) is 6.92 Å². The van der Waals surface area contributed by atoms with Crippen molar-refractivity contribution in [3.8, 4) is 0 Å². The Bertz CT molecular complexity index is 608. The van der Waals surface area contributed by atoms with E-state index in [0.29, 0.717) is 5.69 Å². The summed E-state index contributed by atoms with van der Waals surface area (Å²) in [5.74, 6) is 0. The van der Waals surface area contributed by atoms with Crippen LogP contribution in [0.4, 0.5) is 24.5 Å². The quantitative estimate of drug-likeness (QED) is 0.661. The zero-order chi connectivity index (χ0) is 14.8. The van der Waals surface area contributed by atoms with Crippen molar-refractivity contribution < 1.29 is 13.2 Å². The predicted octanol–water partition coefficient (Wildman–Crippen LogP) is 3.88. The highest BCUT2D eigenvalue weighted by molar-refractivity contribution is 6.00. The number of aromatic nitrogens is 1. The number of nitrogens with zero attached hydrogens (tertiary/aromatic N) is 1. The number of fused-ring (bicyclic) bond motifs is 1. The first-order valence-corrected chi connectivity index (χ1v) is 6.32. The number of nitrogen functional groups attached to an aromatic ring is 1. The number of alkyl halides is 3. The van der Waals surface area contributed by atoms with E-state index in [1.165, 1.54) is 0 Å². The Hall–Kier alpha value is -1.98. The van der Waals surface area contributed by atoms with E-state index in [1.54, 1.807) is 18.3 Å². The number of halogens is 3. The van der Waals surface area contributed by atoms with Gasteiger partial charge in [-0.2, -0.15) is 13.2 Å². The summed E-state index contributed by atoms with van der Waals surface area (Å²) >= 11 is 0. The molecule has 2 aromatic rings. The van der Waals surface area contributed by atoms with Crippen LogP contribution in [0.5, 0.6) is 0 Å². The van der Waals surface area contributed by atoms with Crippen molar-refractivity contribution in [1.82, 2.24) is 4.98 Å². The predicted molar refractivity (Wildman–Crippen MR) is 74.7 cm³/mol. The average molecular weight is 283 g/mol. The number of aryl methyl sites for hydroxylation is 1. The normalized spacial score (nSPS) is 11.8. The molecule has 1 heterocycles. The Morgan fingerprint density at radius 3 is 2.70 bits per heavy atom. The molecule has 0 saturated heterocycles. The lowest BCUT2D eigenvalue weighted by molar-refractivity contribution is -0.134. The van der Waals surface area contributed by atoms with Gasteiger partial charge in [0.1, 0.15) is 0 Å². The maximum Gasteiger partial charge on any atom is 0.389 e. The number of rotatable bonds is 4. The van der Waals surface area contributed by atoms with Crippen molar-refractivity contribution >= 4 is 22.1 Å². The fourth-order valence-electron chi connectivity index (χ4n) is 2.03. The van der Waals surface area contributed by atoms with Gasteiger partial charge in [0.15, 0.2) is 0 Å². The van der Waals surface area contributed by atoms with Gasteiger partial charge in [-0.05, 0) is 31.5 Å². The molecule has 0 amide bonds. The van der Waals surface area contributed by atoms with Crippen molar-refractivity contribution in [3.63, 3.8) is 0 Å². The average Bonchev–Trinajstić information content (AvgIpc) is 2.35. The largest absolute Gasteiger partial charge is 0.398 e. The molecular formula is C14H16F3N3. The molecule has 20 heavy (non-hydrogen) atoms. The fourth-order valence-corrected chi connectivity index (χ4v) is 2.03. The monoisotopic (exact) mass is 283 g/mol. The third-order valence-electron chi connectivity index (χ3n) is 3.02. The van der Waals surface area contributed by atoms with Crippen LogP contribution < -0.4 is 11.1 Å². The van der Waals surface area contributed by atoms with Crippen LogP contribution in [0.25, 0.3) is 10.8 Å². The highest BCUT2D eigenvalue weighted by atomic mass is 19.4. The van der Waals surface area contributed by atoms with Crippen LogP contribution >= 0.6 is 0 Å². The summed E-state index contributed by atoms with van der Waals surface area (Å²) < 4.78 is 36.3. The fraction of sp³-hybridized carbons (Fsp3) is 0.357. The molecule has 1 aromatic carbocycles. The van der Waals surface area contributed by atoms with E-state index in [1.807, 2.05) is 13.0 Å². The maximum atomic E-state index is 12.1. The van der Waals surface area contributed by atoms with E-state index in [-0.39, 0.29) is 13.0 Å². The molecule has 0 bridgehead atoms. The molecule has 0 saturated carbocycles. The van der Waals surface area contributed by atoms with E-state index < -0.39 is 12.6 Å². The van der Waals surface area contributed by atoms with E-state index in [2.05, 4.69) is 10.3 Å². The third kappa shape index (κ3) is 3.53. The van der Waals surface area contributed by atoms with Gasteiger partial charge in [-0.1, -0.05) is 0 Å². The number of hydrogen-bond donors (Lipinski definition) is 2. The number of nitrogens with two attached hydrogens (primary N) is 1. The second-order valence-corrected chi connectivity index (χ2v) is 4.72. The standard InChI is InChI=1S/C14H16F3N3/c1-9-7-10-11(8-20-9)12(18)3-4-13(10)19-6-2-5-14(15,16)17/h3-4,7-8,19H,2,5-6,18H2,1H3. The zero-order valence-corrected chi connectivity index (χ0v) is 11.1. The van der Waals surface area contributed by atoms with E-state index >= 15 is 0 Å². The lowest BCUT2D eigenvalue weighted by atomic mass is 10.1. The Morgan fingerprint density at radius 1 is 1.25 bits per heavy atom. The van der Waals surface area contributed by atoms with Gasteiger partial charge in [-0.25, -0.2) is 0 Å². The molecule has 0 atom stereocenters. The van der Waals surface area contributed by atoms with Crippen molar-refractivity contribution in [2.75, 3.05) is 17.6 Å². The molecule has 0 fully saturated rings. The second kappa shape index (κ2) is 5.56. The topological polar surface area (TPSA) is 50.9 Å². The molecule has 2 rings (SSSR count). The van der Waals surface area contributed by atoms with Crippen LogP contribution in [-0.2, 0) is 0 Å². The minimum absolute atomic E-state index is 0.0411. The molecular weight excluding hydrogens is 267 g/mol. The minimum atomic E-state index is -4.11. The highest BCUT2D eigenvalue weighted by Gasteiger charge is 2.25. The smallest absolute Gasteiger partial charge is 0.389 e. The molecule has 0 aliphatic heterocycles. The molecule has 3 N–H and O–H groups in total. The van der Waals surface area contributed by atoms with Crippen molar-refractivity contribution in [1.29, 1.82) is 0 Å². The van der Waals surface area contributed by atoms with Gasteiger partial charge in [-0.15, -0.1) is 0 Å². The van der Waals surface area contributed by atoms with Gasteiger partial charge in [0.05, 0.1) is 0 Å². The number of nitrogens with one attached hydrogen (secondary N) is 1. The number of hydrogen-bond acceptors (Lipinski definition) is 3. The summed E-state index contributed by atoms with van der Waals surface area (Å²) in [4.78, 5) is 4.18. The van der Waals surface area contributed by atoms with Gasteiger partial charge in [-0.3, -0.25) is 4.98 Å². The Morgan fingerprint density at radius 2 is 2.00 bits per heavy atom. The van der Waals surface area contributed by atoms with Gasteiger partial charge >= 0.3 is 6.18 Å². The van der Waals surface area contributed by atoms with E-state index in [9.17, 15) is 13.2 Å². The molecule has 0 spiro atoms. The first-order chi connectivity index (χ1) is 9.37. The number of anilines is 2. The molecule has 0 radical (unpaired) electrons. The van der Waals surface area contributed by atoms with Crippen LogP contribution in [0.15, 0.2) is 24.4 Å². The van der Waals surface area contributed by atoms with Crippen LogP contribution in [0.1, 0.15) is 18.5 Å². The SMILES string of the molecule is Cc1cc2c(NCCCC(F)(F)F)ccc(N)c2cn1. The first kappa shape index (κ1) is 14.4. The molecule has 0 aliphatic carbocycles. The van der Waals surface area contributed by atoms with Gasteiger partial charge in [0.25, 0.3) is 0 Å². The summed E-state index contributed by atoms with van der Waals surface area (Å²) in [5.41, 5.74) is 8.09. The van der Waals surface area contributed by atoms with Gasteiger partial charge in [0.2, 0.25) is 0 Å². The van der Waals surface area contributed by atoms with Crippen molar-refractivity contribution in [3.05, 3.63) is 30.1 Å². The van der Waals surface area contributed by atoms with Crippen LogP contribution in [0.3, 0.4) is 0 Å². The molecule has 0 unspecified atom stereocenters. The van der Waals surface area contributed by atoms with E-state index in [4.69, 9.17) is 5.73 Å². The zero-order valence-electron chi connectivity index (χ0n) is 11.1. The first-order valence-electron chi connectivity index (χ1n) is 6.32. The van der Waals surface area contributed by atoms with Crippen LogP contribution in [-0.4, -0.2) is 17.7 Å². The summed E-state index contributed by atoms with van der Waals surface area (Å²) in [6.07, 6.45) is -3.17. The maximum absolute atomic E-state index is 12.1. The van der Waals surface area contributed by atoms with Gasteiger partial charge < -0.3 is 11.1 Å². The van der Waals surface area contributed by atoms with Crippen molar-refractivity contribution in [2.45, 2.75) is 25.9 Å². The molecule has 1 aromatic heterocycles. The second-order valence-electron chi connectivity index (χ2n) is 4.72. The molecule has 108 valence electrons.